The molecule has 0 aromatic heterocycles. The quantitative estimate of drug-likeness (QED) is 0.805. The van der Waals surface area contributed by atoms with Crippen molar-refractivity contribution in [2.45, 2.75) is 52.6 Å². The molecule has 1 aromatic carbocycles. The average molecular weight is 277 g/mol. The number of carbonyl (C=O) groups excluding carboxylic acids is 1. The summed E-state index contributed by atoms with van der Waals surface area (Å²) in [6, 6.07) is 10.2. The second-order valence-electron chi connectivity index (χ2n) is 6.36. The fourth-order valence-corrected chi connectivity index (χ4v) is 1.97. The summed E-state index contributed by atoms with van der Waals surface area (Å²) in [5.74, 6) is 0.0713. The Kier molecular flexibility index (Phi) is 6.73. The molecule has 1 atom stereocenters. The molecule has 0 spiro atoms. The second-order valence-corrected chi connectivity index (χ2v) is 6.36. The fraction of sp³-hybridized carbons (Fsp3) is 0.588. The minimum Gasteiger partial charge on any atom is -0.393 e. The van der Waals surface area contributed by atoms with Gasteiger partial charge in [0.2, 0.25) is 5.91 Å². The van der Waals surface area contributed by atoms with E-state index in [2.05, 4.69) is 17.4 Å². The highest BCUT2D eigenvalue weighted by molar-refractivity contribution is 5.75. The van der Waals surface area contributed by atoms with E-state index in [4.69, 9.17) is 0 Å². The summed E-state index contributed by atoms with van der Waals surface area (Å²) in [6.45, 7) is 6.54. The Bertz CT molecular complexity index is 395. The van der Waals surface area contributed by atoms with Gasteiger partial charge < -0.3 is 10.4 Å². The third kappa shape index (κ3) is 6.71. The van der Waals surface area contributed by atoms with Crippen LogP contribution in [0.5, 0.6) is 0 Å². The van der Waals surface area contributed by atoms with Crippen molar-refractivity contribution < 1.29 is 9.90 Å². The van der Waals surface area contributed by atoms with E-state index >= 15 is 0 Å². The maximum Gasteiger partial charge on any atom is 0.220 e. The molecule has 0 aliphatic rings. The largest absolute Gasteiger partial charge is 0.393 e. The molecular formula is C17H27NO2. The Morgan fingerprint density at radius 2 is 1.90 bits per heavy atom. The van der Waals surface area contributed by atoms with E-state index in [1.165, 1.54) is 5.56 Å². The van der Waals surface area contributed by atoms with Crippen molar-refractivity contribution in [3.05, 3.63) is 35.9 Å². The maximum atomic E-state index is 11.7. The van der Waals surface area contributed by atoms with Gasteiger partial charge in [-0.2, -0.15) is 0 Å². The van der Waals surface area contributed by atoms with Gasteiger partial charge in [0.1, 0.15) is 0 Å². The molecule has 0 aliphatic heterocycles. The van der Waals surface area contributed by atoms with Crippen LogP contribution in [0.4, 0.5) is 0 Å². The van der Waals surface area contributed by atoms with Crippen molar-refractivity contribution in [2.24, 2.45) is 5.41 Å². The van der Waals surface area contributed by atoms with Crippen LogP contribution in [0, 0.1) is 5.41 Å². The highest BCUT2D eigenvalue weighted by Crippen LogP contribution is 2.20. The third-order valence-corrected chi connectivity index (χ3v) is 3.45. The molecule has 0 radical (unpaired) electrons. The molecule has 1 unspecified atom stereocenters. The van der Waals surface area contributed by atoms with Gasteiger partial charge in [0.05, 0.1) is 6.10 Å². The number of aliphatic hydroxyl groups is 1. The number of nitrogens with one attached hydrogen (secondary N) is 1. The summed E-state index contributed by atoms with van der Waals surface area (Å²) in [5, 5.41) is 12.7. The van der Waals surface area contributed by atoms with Gasteiger partial charge in [0.15, 0.2) is 0 Å². The molecule has 0 saturated carbocycles. The molecule has 0 aliphatic carbocycles. The van der Waals surface area contributed by atoms with Gasteiger partial charge >= 0.3 is 0 Å². The SMILES string of the molecule is CC(C)(C)C(O)CCNC(=O)CCCc1ccccc1. The summed E-state index contributed by atoms with van der Waals surface area (Å²) in [6.07, 6.45) is 2.55. The minimum atomic E-state index is -0.382. The van der Waals surface area contributed by atoms with Crippen molar-refractivity contribution >= 4 is 5.91 Å². The lowest BCUT2D eigenvalue weighted by atomic mass is 9.87. The van der Waals surface area contributed by atoms with E-state index in [0.29, 0.717) is 19.4 Å². The molecule has 0 heterocycles. The first kappa shape index (κ1) is 16.7. The van der Waals surface area contributed by atoms with E-state index in [1.54, 1.807) is 0 Å². The Morgan fingerprint density at radius 1 is 1.25 bits per heavy atom. The molecule has 3 nitrogen and oxygen atoms in total. The van der Waals surface area contributed by atoms with Gasteiger partial charge in [-0.15, -0.1) is 0 Å². The van der Waals surface area contributed by atoms with Crippen molar-refractivity contribution in [1.82, 2.24) is 5.32 Å². The van der Waals surface area contributed by atoms with E-state index in [-0.39, 0.29) is 17.4 Å². The Balaban J connectivity index is 2.12. The molecule has 112 valence electrons. The number of benzene rings is 1. The predicted octanol–water partition coefficient (Wildman–Crippen LogP) is 2.92. The van der Waals surface area contributed by atoms with Crippen LogP contribution in [0.2, 0.25) is 0 Å². The standard InChI is InChI=1S/C17H27NO2/c1-17(2,3)15(19)12-13-18-16(20)11-7-10-14-8-5-4-6-9-14/h4-6,8-9,15,19H,7,10-13H2,1-3H3,(H,18,20). The Morgan fingerprint density at radius 3 is 2.50 bits per heavy atom. The average Bonchev–Trinajstić information content (AvgIpc) is 2.38. The predicted molar refractivity (Wildman–Crippen MR) is 82.5 cm³/mol. The van der Waals surface area contributed by atoms with Crippen LogP contribution in [0.3, 0.4) is 0 Å². The summed E-state index contributed by atoms with van der Waals surface area (Å²) in [4.78, 5) is 11.7. The smallest absolute Gasteiger partial charge is 0.220 e. The van der Waals surface area contributed by atoms with E-state index in [9.17, 15) is 9.90 Å². The van der Waals surface area contributed by atoms with Crippen molar-refractivity contribution in [1.29, 1.82) is 0 Å². The molecule has 20 heavy (non-hydrogen) atoms. The van der Waals surface area contributed by atoms with E-state index in [0.717, 1.165) is 12.8 Å². The molecule has 1 amide bonds. The summed E-state index contributed by atoms with van der Waals surface area (Å²) in [7, 11) is 0. The highest BCUT2D eigenvalue weighted by atomic mass is 16.3. The molecular weight excluding hydrogens is 250 g/mol. The molecule has 3 heteroatoms. The minimum absolute atomic E-state index is 0.0713. The zero-order valence-electron chi connectivity index (χ0n) is 12.9. The van der Waals surface area contributed by atoms with Crippen LogP contribution in [-0.2, 0) is 11.2 Å². The molecule has 0 fully saturated rings. The first-order valence-electron chi connectivity index (χ1n) is 7.38. The van der Waals surface area contributed by atoms with Crippen LogP contribution in [0.15, 0.2) is 30.3 Å². The lowest BCUT2D eigenvalue weighted by Gasteiger charge is -2.25. The van der Waals surface area contributed by atoms with Crippen LogP contribution in [0.1, 0.15) is 45.6 Å². The van der Waals surface area contributed by atoms with E-state index < -0.39 is 0 Å². The Hall–Kier alpha value is -1.35. The van der Waals surface area contributed by atoms with Crippen molar-refractivity contribution in [3.63, 3.8) is 0 Å². The number of hydrogen-bond donors (Lipinski definition) is 2. The zero-order chi connectivity index (χ0) is 15.0. The number of carbonyl (C=O) groups is 1. The Labute approximate surface area is 122 Å². The van der Waals surface area contributed by atoms with Gasteiger partial charge in [-0.05, 0) is 30.2 Å². The summed E-state index contributed by atoms with van der Waals surface area (Å²) >= 11 is 0. The van der Waals surface area contributed by atoms with Crippen LogP contribution >= 0.6 is 0 Å². The molecule has 1 rings (SSSR count). The van der Waals surface area contributed by atoms with Crippen molar-refractivity contribution in [3.8, 4) is 0 Å². The van der Waals surface area contributed by atoms with Crippen LogP contribution < -0.4 is 5.32 Å². The number of amides is 1. The summed E-state index contributed by atoms with van der Waals surface area (Å²) in [5.41, 5.74) is 1.14. The third-order valence-electron chi connectivity index (χ3n) is 3.45. The number of hydrogen-bond acceptors (Lipinski definition) is 2. The number of aryl methyl sites for hydroxylation is 1. The van der Waals surface area contributed by atoms with Gasteiger partial charge in [-0.25, -0.2) is 0 Å². The van der Waals surface area contributed by atoms with Gasteiger partial charge in [0.25, 0.3) is 0 Å². The van der Waals surface area contributed by atoms with Crippen LogP contribution in [-0.4, -0.2) is 23.7 Å². The maximum absolute atomic E-state index is 11.7. The normalized spacial score (nSPS) is 13.0. The molecule has 1 aromatic rings. The summed E-state index contributed by atoms with van der Waals surface area (Å²) < 4.78 is 0. The topological polar surface area (TPSA) is 49.3 Å². The van der Waals surface area contributed by atoms with Gasteiger partial charge in [-0.3, -0.25) is 4.79 Å². The number of aliphatic hydroxyl groups excluding tert-OH is 1. The monoisotopic (exact) mass is 277 g/mol. The molecule has 0 saturated heterocycles. The lowest BCUT2D eigenvalue weighted by molar-refractivity contribution is -0.121. The first-order chi connectivity index (χ1) is 9.39. The molecule has 0 bridgehead atoms. The van der Waals surface area contributed by atoms with Crippen LogP contribution in [0.25, 0.3) is 0 Å². The number of rotatable bonds is 7. The van der Waals surface area contributed by atoms with E-state index in [1.807, 2.05) is 39.0 Å². The zero-order valence-corrected chi connectivity index (χ0v) is 12.9. The van der Waals surface area contributed by atoms with Gasteiger partial charge in [0, 0.05) is 13.0 Å². The molecule has 2 N–H and O–H groups in total. The van der Waals surface area contributed by atoms with Gasteiger partial charge in [-0.1, -0.05) is 51.1 Å². The highest BCUT2D eigenvalue weighted by Gasteiger charge is 2.21. The lowest BCUT2D eigenvalue weighted by Crippen LogP contribution is -2.32. The second kappa shape index (κ2) is 8.05. The first-order valence-corrected chi connectivity index (χ1v) is 7.38. The van der Waals surface area contributed by atoms with Crippen molar-refractivity contribution in [2.75, 3.05) is 6.54 Å². The fourth-order valence-electron chi connectivity index (χ4n) is 1.97.